The first-order chi connectivity index (χ1) is 14.3. The van der Waals surface area contributed by atoms with Crippen molar-refractivity contribution in [3.8, 4) is 0 Å². The molecule has 0 aliphatic carbocycles. The average molecular weight is 480 g/mol. The molecule has 7 nitrogen and oxygen atoms in total. The molecule has 0 radical (unpaired) electrons. The predicted molar refractivity (Wildman–Crippen MR) is 116 cm³/mol. The normalized spacial score (nSPS) is 16.7. The molecule has 0 spiro atoms. The van der Waals surface area contributed by atoms with Crippen LogP contribution in [0.2, 0.25) is 5.02 Å². The van der Waals surface area contributed by atoms with E-state index in [4.69, 9.17) is 11.6 Å². The van der Waals surface area contributed by atoms with Gasteiger partial charge in [-0.3, -0.25) is 4.72 Å². The number of thiazole rings is 1. The zero-order chi connectivity index (χ0) is 21.6. The Hall–Kier alpha value is -1.53. The fraction of sp³-hybridized carbons (Fsp3) is 0.500. The SMILES string of the molecule is O=S(=O)(Nc1ncc(F)s1)c1cc(Cl)c(NCCCCNC[C@@H]2CCCN2)cc1F. The van der Waals surface area contributed by atoms with E-state index in [1.807, 2.05) is 4.72 Å². The zero-order valence-corrected chi connectivity index (χ0v) is 18.6. The third kappa shape index (κ3) is 6.48. The monoisotopic (exact) mass is 479 g/mol. The van der Waals surface area contributed by atoms with Gasteiger partial charge in [-0.2, -0.15) is 4.39 Å². The van der Waals surface area contributed by atoms with Crippen LogP contribution in [0.3, 0.4) is 0 Å². The van der Waals surface area contributed by atoms with Crippen LogP contribution < -0.4 is 20.7 Å². The first-order valence-corrected chi connectivity index (χ1v) is 12.3. The van der Waals surface area contributed by atoms with Crippen LogP contribution in [0.4, 0.5) is 19.6 Å². The number of hydrogen-bond acceptors (Lipinski definition) is 7. The number of rotatable bonds is 11. The van der Waals surface area contributed by atoms with Gasteiger partial charge in [-0.05, 0) is 50.9 Å². The lowest BCUT2D eigenvalue weighted by molar-refractivity contribution is 0.526. The van der Waals surface area contributed by atoms with Gasteiger partial charge < -0.3 is 16.0 Å². The molecule has 1 aliphatic heterocycles. The average Bonchev–Trinajstić information content (AvgIpc) is 3.34. The molecule has 2 aromatic rings. The molecule has 1 saturated heterocycles. The second-order valence-electron chi connectivity index (χ2n) is 6.97. The van der Waals surface area contributed by atoms with Crippen molar-refractivity contribution in [3.05, 3.63) is 34.3 Å². The molecular weight excluding hydrogens is 456 g/mol. The lowest BCUT2D eigenvalue weighted by Gasteiger charge is -2.13. The molecule has 0 amide bonds. The van der Waals surface area contributed by atoms with E-state index in [1.165, 1.54) is 12.8 Å². The van der Waals surface area contributed by atoms with Gasteiger partial charge in [0.2, 0.25) is 0 Å². The molecule has 166 valence electrons. The van der Waals surface area contributed by atoms with Crippen LogP contribution in [0.5, 0.6) is 0 Å². The second kappa shape index (κ2) is 10.7. The van der Waals surface area contributed by atoms with Crippen LogP contribution in [-0.2, 0) is 10.0 Å². The summed E-state index contributed by atoms with van der Waals surface area (Å²) in [5.41, 5.74) is 0.316. The summed E-state index contributed by atoms with van der Waals surface area (Å²) in [6, 6.07) is 2.63. The Morgan fingerprint density at radius 3 is 2.77 bits per heavy atom. The number of halogens is 3. The second-order valence-corrected chi connectivity index (χ2v) is 10.0. The van der Waals surface area contributed by atoms with Gasteiger partial charge in [0.25, 0.3) is 10.0 Å². The van der Waals surface area contributed by atoms with E-state index >= 15 is 0 Å². The van der Waals surface area contributed by atoms with E-state index in [1.54, 1.807) is 0 Å². The van der Waals surface area contributed by atoms with Crippen molar-refractivity contribution in [1.82, 2.24) is 15.6 Å². The number of aromatic nitrogens is 1. The van der Waals surface area contributed by atoms with Crippen molar-refractivity contribution in [2.24, 2.45) is 0 Å². The van der Waals surface area contributed by atoms with Crippen molar-refractivity contribution in [1.29, 1.82) is 0 Å². The summed E-state index contributed by atoms with van der Waals surface area (Å²) in [6.07, 6.45) is 5.11. The number of hydrogen-bond donors (Lipinski definition) is 4. The maximum atomic E-state index is 14.4. The van der Waals surface area contributed by atoms with E-state index in [-0.39, 0.29) is 10.2 Å². The van der Waals surface area contributed by atoms with Gasteiger partial charge in [-0.25, -0.2) is 17.8 Å². The maximum absolute atomic E-state index is 14.4. The molecule has 1 aromatic heterocycles. The summed E-state index contributed by atoms with van der Waals surface area (Å²) in [5.74, 6) is -0.961. The first-order valence-electron chi connectivity index (χ1n) is 9.66. The summed E-state index contributed by atoms with van der Waals surface area (Å²) in [4.78, 5) is 2.94. The van der Waals surface area contributed by atoms with Crippen LogP contribution >= 0.6 is 22.9 Å². The van der Waals surface area contributed by atoms with Gasteiger partial charge in [-0.1, -0.05) is 22.9 Å². The van der Waals surface area contributed by atoms with Crippen molar-refractivity contribution in [2.45, 2.75) is 36.6 Å². The quantitative estimate of drug-likeness (QED) is 0.369. The van der Waals surface area contributed by atoms with Crippen molar-refractivity contribution in [3.63, 3.8) is 0 Å². The van der Waals surface area contributed by atoms with Gasteiger partial charge in [0.15, 0.2) is 10.3 Å². The molecule has 3 rings (SSSR count). The van der Waals surface area contributed by atoms with Crippen molar-refractivity contribution < 1.29 is 17.2 Å². The van der Waals surface area contributed by atoms with E-state index in [0.29, 0.717) is 29.6 Å². The molecule has 1 aromatic carbocycles. The van der Waals surface area contributed by atoms with E-state index in [9.17, 15) is 17.2 Å². The molecule has 0 bridgehead atoms. The topological polar surface area (TPSA) is 95.2 Å². The Morgan fingerprint density at radius 2 is 2.07 bits per heavy atom. The molecule has 30 heavy (non-hydrogen) atoms. The third-order valence-electron chi connectivity index (χ3n) is 4.66. The molecule has 4 N–H and O–H groups in total. The lowest BCUT2D eigenvalue weighted by atomic mass is 10.2. The summed E-state index contributed by atoms with van der Waals surface area (Å²) >= 11 is 6.64. The van der Waals surface area contributed by atoms with Crippen LogP contribution in [0.1, 0.15) is 25.7 Å². The van der Waals surface area contributed by atoms with Gasteiger partial charge in [0.05, 0.1) is 16.9 Å². The minimum Gasteiger partial charge on any atom is -0.384 e. The molecule has 1 atom stereocenters. The molecule has 12 heteroatoms. The van der Waals surface area contributed by atoms with Crippen LogP contribution in [-0.4, -0.2) is 45.6 Å². The van der Waals surface area contributed by atoms with E-state index < -0.39 is 25.9 Å². The van der Waals surface area contributed by atoms with Gasteiger partial charge in [0, 0.05) is 19.1 Å². The highest BCUT2D eigenvalue weighted by atomic mass is 35.5. The highest BCUT2D eigenvalue weighted by Crippen LogP contribution is 2.29. The van der Waals surface area contributed by atoms with Gasteiger partial charge >= 0.3 is 0 Å². The number of sulfonamides is 1. The fourth-order valence-electron chi connectivity index (χ4n) is 3.15. The van der Waals surface area contributed by atoms with Crippen LogP contribution in [0.25, 0.3) is 0 Å². The predicted octanol–water partition coefficient (Wildman–Crippen LogP) is 3.41. The highest BCUT2D eigenvalue weighted by Gasteiger charge is 2.23. The Labute approximate surface area is 183 Å². The smallest absolute Gasteiger partial charge is 0.266 e. The third-order valence-corrected chi connectivity index (χ3v) is 7.16. The number of benzene rings is 1. The molecule has 0 saturated carbocycles. The largest absolute Gasteiger partial charge is 0.384 e. The molecule has 0 unspecified atom stereocenters. The number of anilines is 2. The maximum Gasteiger partial charge on any atom is 0.266 e. The molecule has 1 aliphatic rings. The minimum absolute atomic E-state index is 0.0764. The van der Waals surface area contributed by atoms with Gasteiger partial charge in [0.1, 0.15) is 10.7 Å². The van der Waals surface area contributed by atoms with Crippen LogP contribution in [0, 0.1) is 10.9 Å². The van der Waals surface area contributed by atoms with Crippen molar-refractivity contribution in [2.75, 3.05) is 36.2 Å². The summed E-state index contributed by atoms with van der Waals surface area (Å²) < 4.78 is 54.2. The summed E-state index contributed by atoms with van der Waals surface area (Å²) in [7, 11) is -4.28. The lowest BCUT2D eigenvalue weighted by Crippen LogP contribution is -2.34. The number of nitrogens with one attached hydrogen (secondary N) is 4. The fourth-order valence-corrected chi connectivity index (χ4v) is 5.31. The summed E-state index contributed by atoms with van der Waals surface area (Å²) in [6.45, 7) is 3.52. The first kappa shape index (κ1) is 23.1. The number of nitrogens with zero attached hydrogens (tertiary/aromatic N) is 1. The number of unbranched alkanes of at least 4 members (excludes halogenated alkanes) is 1. The van der Waals surface area contributed by atoms with E-state index in [0.717, 1.165) is 50.8 Å². The molecular formula is C18H24ClF2N5O2S2. The van der Waals surface area contributed by atoms with E-state index in [2.05, 4.69) is 20.9 Å². The van der Waals surface area contributed by atoms with Crippen molar-refractivity contribution >= 4 is 43.8 Å². The Balaban J connectivity index is 1.47. The molecule has 1 fully saturated rings. The standard InChI is InChI=1S/C18H24ClF2N5O2S2/c19-13-8-16(30(27,28)26-18-25-11-17(21)29-18)14(20)9-15(13)24-6-2-1-5-22-10-12-4-3-7-23-12/h8-9,11-12,22-24H,1-7,10H2,(H,25,26)/t12-/m0/s1. The van der Waals surface area contributed by atoms with Crippen LogP contribution in [0.15, 0.2) is 23.2 Å². The molecule has 2 heterocycles. The van der Waals surface area contributed by atoms with Gasteiger partial charge in [-0.15, -0.1) is 0 Å². The zero-order valence-electron chi connectivity index (χ0n) is 16.2. The Kier molecular flexibility index (Phi) is 8.23. The Bertz CT molecular complexity index is 952. The Morgan fingerprint density at radius 1 is 1.27 bits per heavy atom. The highest BCUT2D eigenvalue weighted by molar-refractivity contribution is 7.93. The minimum atomic E-state index is -4.28. The summed E-state index contributed by atoms with van der Waals surface area (Å²) in [5, 5.41) is 9.10.